The monoisotopic (exact) mass is 285 g/mol. The molecule has 1 unspecified atom stereocenters. The van der Waals surface area contributed by atoms with Crippen molar-refractivity contribution in [1.82, 2.24) is 10.2 Å². The van der Waals surface area contributed by atoms with Crippen molar-refractivity contribution in [2.75, 3.05) is 0 Å². The van der Waals surface area contributed by atoms with E-state index >= 15 is 0 Å². The maximum absolute atomic E-state index is 6.15. The molecule has 2 aromatic heterocycles. The highest BCUT2D eigenvalue weighted by Crippen LogP contribution is 2.31. The Labute approximate surface area is 121 Å². The second kappa shape index (κ2) is 5.19. The molecule has 0 aliphatic carbocycles. The minimum atomic E-state index is -0.389. The molecule has 0 spiro atoms. The standard InChI is InChI=1S/C15H15N3OS/c1-9-8-12(20-10(9)2)14-17-18-15(19-14)13(16)11-6-4-3-5-7-11/h3-8,13H,16H2,1-2H3. The van der Waals surface area contributed by atoms with Crippen LogP contribution in [0.2, 0.25) is 0 Å². The molecule has 5 heteroatoms. The predicted octanol–water partition coefficient (Wildman–Crippen LogP) is 3.46. The normalized spacial score (nSPS) is 12.6. The molecule has 102 valence electrons. The van der Waals surface area contributed by atoms with E-state index in [9.17, 15) is 0 Å². The largest absolute Gasteiger partial charge is 0.418 e. The summed E-state index contributed by atoms with van der Waals surface area (Å²) in [4.78, 5) is 2.24. The molecule has 1 atom stereocenters. The van der Waals surface area contributed by atoms with E-state index < -0.39 is 0 Å². The van der Waals surface area contributed by atoms with Gasteiger partial charge in [-0.25, -0.2) is 0 Å². The second-order valence-corrected chi connectivity index (χ2v) is 5.94. The first-order valence-corrected chi connectivity index (χ1v) is 7.18. The first-order chi connectivity index (χ1) is 9.65. The number of hydrogen-bond donors (Lipinski definition) is 1. The van der Waals surface area contributed by atoms with Gasteiger partial charge in [-0.3, -0.25) is 0 Å². The average Bonchev–Trinajstić information content (AvgIpc) is 3.07. The van der Waals surface area contributed by atoms with E-state index in [0.29, 0.717) is 11.8 Å². The Morgan fingerprint density at radius 3 is 2.55 bits per heavy atom. The topological polar surface area (TPSA) is 64.9 Å². The lowest BCUT2D eigenvalue weighted by Gasteiger charge is -2.05. The van der Waals surface area contributed by atoms with E-state index in [4.69, 9.17) is 10.2 Å². The highest BCUT2D eigenvalue weighted by molar-refractivity contribution is 7.15. The van der Waals surface area contributed by atoms with Crippen LogP contribution < -0.4 is 5.73 Å². The molecule has 1 aromatic carbocycles. The Morgan fingerprint density at radius 1 is 1.15 bits per heavy atom. The van der Waals surface area contributed by atoms with Crippen molar-refractivity contribution in [3.05, 3.63) is 58.3 Å². The van der Waals surface area contributed by atoms with Gasteiger partial charge in [0.05, 0.1) is 4.88 Å². The molecule has 20 heavy (non-hydrogen) atoms. The summed E-state index contributed by atoms with van der Waals surface area (Å²) in [6.45, 7) is 4.15. The molecule has 4 nitrogen and oxygen atoms in total. The minimum Gasteiger partial charge on any atom is -0.418 e. The average molecular weight is 285 g/mol. The van der Waals surface area contributed by atoms with Gasteiger partial charge in [0.15, 0.2) is 0 Å². The molecule has 0 fully saturated rings. The molecule has 0 aliphatic rings. The summed E-state index contributed by atoms with van der Waals surface area (Å²) in [5, 5.41) is 8.17. The molecule has 3 rings (SSSR count). The van der Waals surface area contributed by atoms with Gasteiger partial charge in [0.2, 0.25) is 5.89 Å². The number of benzene rings is 1. The SMILES string of the molecule is Cc1cc(-c2nnc(C(N)c3ccccc3)o2)sc1C. The van der Waals surface area contributed by atoms with Crippen molar-refractivity contribution in [3.63, 3.8) is 0 Å². The third kappa shape index (κ3) is 2.37. The maximum atomic E-state index is 6.15. The Bertz CT molecular complexity index is 698. The van der Waals surface area contributed by atoms with E-state index in [-0.39, 0.29) is 6.04 Å². The maximum Gasteiger partial charge on any atom is 0.257 e. The van der Waals surface area contributed by atoms with Crippen LogP contribution in [0.25, 0.3) is 10.8 Å². The third-order valence-electron chi connectivity index (χ3n) is 3.24. The molecular formula is C15H15N3OS. The lowest BCUT2D eigenvalue weighted by molar-refractivity contribution is 0.485. The molecular weight excluding hydrogens is 270 g/mol. The Hall–Kier alpha value is -1.98. The van der Waals surface area contributed by atoms with Crippen LogP contribution in [-0.2, 0) is 0 Å². The zero-order valence-electron chi connectivity index (χ0n) is 11.3. The quantitative estimate of drug-likeness (QED) is 0.800. The molecule has 0 aliphatic heterocycles. The molecule has 0 radical (unpaired) electrons. The minimum absolute atomic E-state index is 0.389. The highest BCUT2D eigenvalue weighted by atomic mass is 32.1. The van der Waals surface area contributed by atoms with Crippen molar-refractivity contribution in [2.24, 2.45) is 5.73 Å². The number of aromatic nitrogens is 2. The number of nitrogens with two attached hydrogens (primary N) is 1. The number of aryl methyl sites for hydroxylation is 2. The summed E-state index contributed by atoms with van der Waals surface area (Å²) >= 11 is 1.65. The second-order valence-electron chi connectivity index (χ2n) is 4.68. The van der Waals surface area contributed by atoms with Crippen LogP contribution in [-0.4, -0.2) is 10.2 Å². The molecule has 0 saturated heterocycles. The van der Waals surface area contributed by atoms with Gasteiger partial charge in [0.25, 0.3) is 5.89 Å². The molecule has 2 heterocycles. The lowest BCUT2D eigenvalue weighted by atomic mass is 10.1. The van der Waals surface area contributed by atoms with Crippen LogP contribution in [0.4, 0.5) is 0 Å². The number of rotatable bonds is 3. The van der Waals surface area contributed by atoms with Gasteiger partial charge < -0.3 is 10.2 Å². The van der Waals surface area contributed by atoms with Crippen LogP contribution in [0.15, 0.2) is 40.8 Å². The van der Waals surface area contributed by atoms with Crippen molar-refractivity contribution in [2.45, 2.75) is 19.9 Å². The first kappa shape index (κ1) is 13.0. The van der Waals surface area contributed by atoms with E-state index in [1.807, 2.05) is 30.3 Å². The molecule has 0 amide bonds. The fourth-order valence-electron chi connectivity index (χ4n) is 1.94. The van der Waals surface area contributed by atoms with Gasteiger partial charge in [-0.15, -0.1) is 21.5 Å². The Kier molecular flexibility index (Phi) is 3.38. The zero-order chi connectivity index (χ0) is 14.1. The fraction of sp³-hybridized carbons (Fsp3) is 0.200. The fourth-order valence-corrected chi connectivity index (χ4v) is 2.90. The van der Waals surface area contributed by atoms with Gasteiger partial charge in [0, 0.05) is 4.88 Å². The van der Waals surface area contributed by atoms with Gasteiger partial charge in [0.1, 0.15) is 6.04 Å². The number of thiophene rings is 1. The van der Waals surface area contributed by atoms with E-state index in [0.717, 1.165) is 10.4 Å². The van der Waals surface area contributed by atoms with Crippen molar-refractivity contribution in [1.29, 1.82) is 0 Å². The van der Waals surface area contributed by atoms with Gasteiger partial charge in [-0.05, 0) is 31.0 Å². The van der Waals surface area contributed by atoms with Gasteiger partial charge in [-0.1, -0.05) is 30.3 Å². The summed E-state index contributed by atoms with van der Waals surface area (Å²) in [6, 6.07) is 11.4. The summed E-state index contributed by atoms with van der Waals surface area (Å²) in [5.74, 6) is 0.975. The van der Waals surface area contributed by atoms with Gasteiger partial charge in [-0.2, -0.15) is 0 Å². The van der Waals surface area contributed by atoms with Crippen molar-refractivity contribution in [3.8, 4) is 10.8 Å². The van der Waals surface area contributed by atoms with E-state index in [2.05, 4.69) is 30.1 Å². The summed E-state index contributed by atoms with van der Waals surface area (Å²) in [5.41, 5.74) is 8.34. The van der Waals surface area contributed by atoms with Crippen molar-refractivity contribution < 1.29 is 4.42 Å². The molecule has 2 N–H and O–H groups in total. The van der Waals surface area contributed by atoms with Crippen LogP contribution in [0.5, 0.6) is 0 Å². The molecule has 3 aromatic rings. The molecule has 0 bridgehead atoms. The van der Waals surface area contributed by atoms with Crippen LogP contribution >= 0.6 is 11.3 Å². The zero-order valence-corrected chi connectivity index (χ0v) is 12.1. The Balaban J connectivity index is 1.90. The molecule has 0 saturated carbocycles. The van der Waals surface area contributed by atoms with E-state index in [1.54, 1.807) is 11.3 Å². The predicted molar refractivity (Wildman–Crippen MR) is 79.6 cm³/mol. The first-order valence-electron chi connectivity index (χ1n) is 6.36. The summed E-state index contributed by atoms with van der Waals surface area (Å²) in [7, 11) is 0. The third-order valence-corrected chi connectivity index (χ3v) is 4.38. The lowest BCUT2D eigenvalue weighted by Crippen LogP contribution is -2.11. The van der Waals surface area contributed by atoms with Gasteiger partial charge >= 0.3 is 0 Å². The van der Waals surface area contributed by atoms with Crippen LogP contribution in [0.3, 0.4) is 0 Å². The highest BCUT2D eigenvalue weighted by Gasteiger charge is 2.18. The smallest absolute Gasteiger partial charge is 0.257 e. The summed E-state index contributed by atoms with van der Waals surface area (Å²) in [6.07, 6.45) is 0. The van der Waals surface area contributed by atoms with Crippen LogP contribution in [0, 0.1) is 13.8 Å². The van der Waals surface area contributed by atoms with Crippen molar-refractivity contribution >= 4 is 11.3 Å². The number of hydrogen-bond acceptors (Lipinski definition) is 5. The summed E-state index contributed by atoms with van der Waals surface area (Å²) < 4.78 is 5.72. The Morgan fingerprint density at radius 2 is 1.90 bits per heavy atom. The van der Waals surface area contributed by atoms with E-state index in [1.165, 1.54) is 10.4 Å². The number of nitrogens with zero attached hydrogens (tertiary/aromatic N) is 2. The van der Waals surface area contributed by atoms with Crippen LogP contribution in [0.1, 0.15) is 27.9 Å².